The van der Waals surface area contributed by atoms with E-state index in [1.165, 1.54) is 0 Å². The SMILES string of the molecule is CC[C@@H](O)c1cc(C)c(-c2ccc3cc(NC(=O)C4CC4)ncc3c2)cn1.CC[C@H](O)c1cc(C)c(-c2ccc3cc(NC(=O)C4CC4)ncc3c2)cn1. The van der Waals surface area contributed by atoms with Gasteiger partial charge in [0.05, 0.1) is 23.6 Å². The van der Waals surface area contributed by atoms with E-state index in [-0.39, 0.29) is 23.7 Å². The number of anilines is 2. The van der Waals surface area contributed by atoms with E-state index in [0.29, 0.717) is 35.9 Å². The predicted octanol–water partition coefficient (Wildman–Crippen LogP) is 8.79. The summed E-state index contributed by atoms with van der Waals surface area (Å²) >= 11 is 0. The number of nitrogens with zero attached hydrogens (tertiary/aromatic N) is 4. The largest absolute Gasteiger partial charge is 0.387 e. The smallest absolute Gasteiger partial charge is 0.228 e. The highest BCUT2D eigenvalue weighted by atomic mass is 16.3. The highest BCUT2D eigenvalue weighted by molar-refractivity contribution is 5.97. The van der Waals surface area contributed by atoms with Crippen molar-refractivity contribution in [3.8, 4) is 22.3 Å². The molecule has 2 aliphatic carbocycles. The van der Waals surface area contributed by atoms with E-state index >= 15 is 0 Å². The number of hydrogen-bond acceptors (Lipinski definition) is 8. The van der Waals surface area contributed by atoms with Crippen LogP contribution in [0.4, 0.5) is 11.6 Å². The molecular weight excluding hydrogens is 677 g/mol. The molecule has 2 saturated carbocycles. The zero-order chi connectivity index (χ0) is 37.9. The summed E-state index contributed by atoms with van der Waals surface area (Å²) in [4.78, 5) is 41.4. The van der Waals surface area contributed by atoms with Crippen LogP contribution in [-0.4, -0.2) is 42.0 Å². The number of aliphatic hydroxyl groups excluding tert-OH is 2. The van der Waals surface area contributed by atoms with Crippen LogP contribution in [0.25, 0.3) is 43.8 Å². The fourth-order valence-corrected chi connectivity index (χ4v) is 6.45. The molecule has 2 fully saturated rings. The molecule has 6 aromatic rings. The van der Waals surface area contributed by atoms with E-state index in [2.05, 4.69) is 54.8 Å². The molecular formula is C44H46N6O4. The molecule has 0 unspecified atom stereocenters. The van der Waals surface area contributed by atoms with Gasteiger partial charge in [-0.05, 0) is 122 Å². The summed E-state index contributed by atoms with van der Waals surface area (Å²) in [7, 11) is 0. The van der Waals surface area contributed by atoms with Gasteiger partial charge in [-0.3, -0.25) is 19.6 Å². The molecule has 4 heterocycles. The average molecular weight is 723 g/mol. The molecule has 276 valence electrons. The quantitative estimate of drug-likeness (QED) is 0.110. The first-order chi connectivity index (χ1) is 26.1. The van der Waals surface area contributed by atoms with Crippen molar-refractivity contribution in [1.82, 2.24) is 19.9 Å². The number of hydrogen-bond donors (Lipinski definition) is 4. The maximum Gasteiger partial charge on any atom is 0.228 e. The molecule has 10 heteroatoms. The first kappa shape index (κ1) is 36.8. The average Bonchev–Trinajstić information content (AvgIpc) is 4.11. The van der Waals surface area contributed by atoms with Crippen molar-refractivity contribution in [1.29, 1.82) is 0 Å². The van der Waals surface area contributed by atoms with Crippen LogP contribution in [0.1, 0.15) is 87.1 Å². The van der Waals surface area contributed by atoms with Crippen LogP contribution >= 0.6 is 0 Å². The third-order valence-corrected chi connectivity index (χ3v) is 10.2. The van der Waals surface area contributed by atoms with Crippen molar-refractivity contribution in [2.45, 2.75) is 78.4 Å². The molecule has 0 spiro atoms. The van der Waals surface area contributed by atoms with Crippen LogP contribution in [0.5, 0.6) is 0 Å². The summed E-state index contributed by atoms with van der Waals surface area (Å²) in [6, 6.07) is 20.0. The molecule has 8 rings (SSSR count). The van der Waals surface area contributed by atoms with Crippen LogP contribution < -0.4 is 10.6 Å². The van der Waals surface area contributed by atoms with E-state index in [4.69, 9.17) is 0 Å². The Balaban J connectivity index is 0.000000167. The second kappa shape index (κ2) is 15.8. The summed E-state index contributed by atoms with van der Waals surface area (Å²) in [6.07, 6.45) is 11.4. The zero-order valence-electron chi connectivity index (χ0n) is 31.1. The van der Waals surface area contributed by atoms with Crippen LogP contribution in [-0.2, 0) is 9.59 Å². The van der Waals surface area contributed by atoms with Crippen LogP contribution in [0.3, 0.4) is 0 Å². The Morgan fingerprint density at radius 2 is 1.00 bits per heavy atom. The minimum Gasteiger partial charge on any atom is -0.387 e. The number of fused-ring (bicyclic) bond motifs is 2. The Morgan fingerprint density at radius 1 is 0.593 bits per heavy atom. The first-order valence-corrected chi connectivity index (χ1v) is 18.8. The van der Waals surface area contributed by atoms with Gasteiger partial charge in [-0.15, -0.1) is 0 Å². The van der Waals surface area contributed by atoms with Gasteiger partial charge in [0.2, 0.25) is 11.8 Å². The molecule has 0 aliphatic heterocycles. The summed E-state index contributed by atoms with van der Waals surface area (Å²) in [5.74, 6) is 1.65. The highest BCUT2D eigenvalue weighted by Gasteiger charge is 2.30. The summed E-state index contributed by atoms with van der Waals surface area (Å²) in [5, 5.41) is 29.8. The minimum atomic E-state index is -0.525. The third kappa shape index (κ3) is 8.46. The lowest BCUT2D eigenvalue weighted by Crippen LogP contribution is -2.14. The number of aromatic nitrogens is 4. The van der Waals surface area contributed by atoms with Crippen molar-refractivity contribution < 1.29 is 19.8 Å². The standard InChI is InChI=1S/2C22H23N3O2/c2*1-3-20(26)19-8-13(2)18(12-23-19)16-7-6-15-10-21(24-11-17(15)9-16)25-22(27)14-4-5-14/h2*6-12,14,20,26H,3-5H2,1-2H3,(H,24,25,27)/t2*20-/m10/s1. The fourth-order valence-electron chi connectivity index (χ4n) is 6.45. The van der Waals surface area contributed by atoms with Crippen LogP contribution in [0.15, 0.2) is 85.5 Å². The number of aliphatic hydroxyl groups is 2. The topological polar surface area (TPSA) is 150 Å². The Morgan fingerprint density at radius 3 is 1.35 bits per heavy atom. The Bertz CT molecular complexity index is 2190. The number of pyridine rings is 4. The van der Waals surface area contributed by atoms with Crippen molar-refractivity contribution in [3.05, 3.63) is 108 Å². The molecule has 4 aromatic heterocycles. The van der Waals surface area contributed by atoms with E-state index in [9.17, 15) is 19.8 Å². The Hall–Kier alpha value is -5.58. The maximum atomic E-state index is 11.9. The van der Waals surface area contributed by atoms with Gasteiger partial charge in [0.25, 0.3) is 0 Å². The number of nitrogens with one attached hydrogen (secondary N) is 2. The van der Waals surface area contributed by atoms with Crippen molar-refractivity contribution in [2.24, 2.45) is 11.8 Å². The fraction of sp³-hybridized carbons (Fsp3) is 0.318. The molecule has 2 aliphatic rings. The van der Waals surface area contributed by atoms with Crippen LogP contribution in [0, 0.1) is 25.7 Å². The lowest BCUT2D eigenvalue weighted by atomic mass is 9.99. The monoisotopic (exact) mass is 722 g/mol. The number of aryl methyl sites for hydroxylation is 2. The number of benzene rings is 2. The van der Waals surface area contributed by atoms with E-state index in [1.807, 2.05) is 76.5 Å². The van der Waals surface area contributed by atoms with Gasteiger partial charge in [-0.2, -0.15) is 0 Å². The van der Waals surface area contributed by atoms with Gasteiger partial charge < -0.3 is 20.8 Å². The Labute approximate surface area is 315 Å². The third-order valence-electron chi connectivity index (χ3n) is 10.2. The van der Waals surface area contributed by atoms with Gasteiger partial charge >= 0.3 is 0 Å². The molecule has 10 nitrogen and oxygen atoms in total. The molecule has 4 N–H and O–H groups in total. The summed E-state index contributed by atoms with van der Waals surface area (Å²) in [5.41, 5.74) is 7.75. The zero-order valence-corrected chi connectivity index (χ0v) is 31.1. The molecule has 0 radical (unpaired) electrons. The molecule has 2 aromatic carbocycles. The first-order valence-electron chi connectivity index (χ1n) is 18.8. The number of rotatable bonds is 10. The van der Waals surface area contributed by atoms with Crippen LogP contribution in [0.2, 0.25) is 0 Å². The van der Waals surface area contributed by atoms with Gasteiger partial charge in [0.1, 0.15) is 11.6 Å². The molecule has 2 amide bonds. The minimum absolute atomic E-state index is 0.0644. The second-order valence-corrected chi connectivity index (χ2v) is 14.5. The van der Waals surface area contributed by atoms with Crippen molar-refractivity contribution in [2.75, 3.05) is 10.6 Å². The predicted molar refractivity (Wildman–Crippen MR) is 213 cm³/mol. The number of carbonyl (C=O) groups is 2. The normalized spacial score (nSPS) is 14.9. The Kier molecular flexibility index (Phi) is 10.8. The van der Waals surface area contributed by atoms with Gasteiger partial charge in [-0.25, -0.2) is 9.97 Å². The number of amides is 2. The van der Waals surface area contributed by atoms with Gasteiger partial charge in [0, 0.05) is 58.5 Å². The molecule has 0 bridgehead atoms. The lowest BCUT2D eigenvalue weighted by molar-refractivity contribution is -0.118. The lowest BCUT2D eigenvalue weighted by Gasteiger charge is -2.12. The molecule has 54 heavy (non-hydrogen) atoms. The number of carbonyl (C=O) groups excluding carboxylic acids is 2. The van der Waals surface area contributed by atoms with Crippen molar-refractivity contribution >= 4 is 45.0 Å². The maximum absolute atomic E-state index is 11.9. The van der Waals surface area contributed by atoms with Gasteiger partial charge in [0.15, 0.2) is 0 Å². The highest BCUT2D eigenvalue weighted by Crippen LogP contribution is 2.33. The summed E-state index contributed by atoms with van der Waals surface area (Å²) in [6.45, 7) is 7.93. The van der Waals surface area contributed by atoms with E-state index < -0.39 is 12.2 Å². The van der Waals surface area contributed by atoms with Gasteiger partial charge in [-0.1, -0.05) is 38.1 Å². The van der Waals surface area contributed by atoms with E-state index in [0.717, 1.165) is 80.6 Å². The molecule has 2 atom stereocenters. The van der Waals surface area contributed by atoms with E-state index in [1.54, 1.807) is 12.4 Å². The second-order valence-electron chi connectivity index (χ2n) is 14.5. The van der Waals surface area contributed by atoms with Crippen molar-refractivity contribution in [3.63, 3.8) is 0 Å². The molecule has 0 saturated heterocycles. The summed E-state index contributed by atoms with van der Waals surface area (Å²) < 4.78 is 0.